The molecule has 0 unspecified atom stereocenters. The Morgan fingerprint density at radius 2 is 1.71 bits per heavy atom. The van der Waals surface area contributed by atoms with Crippen molar-refractivity contribution in [1.29, 1.82) is 0 Å². The normalized spacial score (nSPS) is 10.1. The molecule has 2 nitrogen and oxygen atoms in total. The molecule has 0 aliphatic carbocycles. The molecule has 1 heterocycles. The van der Waals surface area contributed by atoms with Gasteiger partial charge >= 0.3 is 0 Å². The Hall–Kier alpha value is -1.41. The number of rotatable bonds is 2. The zero-order valence-electron chi connectivity index (χ0n) is 7.52. The summed E-state index contributed by atoms with van der Waals surface area (Å²) in [6.45, 7) is 0. The number of nitrogens with zero attached hydrogens (tertiary/aromatic N) is 2. The third-order valence-corrected chi connectivity index (χ3v) is 2.29. The number of hydrogen-bond donors (Lipinski definition) is 0. The maximum absolute atomic E-state index is 6.02. The van der Waals surface area contributed by atoms with E-state index < -0.39 is 0 Å². The zero-order valence-corrected chi connectivity index (χ0v) is 8.28. The average Bonchev–Trinajstić information content (AvgIpc) is 2.23. The Labute approximate surface area is 87.6 Å². The van der Waals surface area contributed by atoms with Gasteiger partial charge in [-0.3, -0.25) is 0 Å². The number of halogens is 1. The van der Waals surface area contributed by atoms with Gasteiger partial charge in [-0.1, -0.05) is 29.8 Å². The number of aromatic nitrogens is 2. The highest BCUT2D eigenvalue weighted by atomic mass is 35.5. The van der Waals surface area contributed by atoms with Crippen LogP contribution >= 0.6 is 11.6 Å². The van der Waals surface area contributed by atoms with E-state index in [4.69, 9.17) is 11.6 Å². The molecule has 0 aliphatic rings. The van der Waals surface area contributed by atoms with Crippen molar-refractivity contribution in [2.75, 3.05) is 0 Å². The Morgan fingerprint density at radius 1 is 1.00 bits per heavy atom. The maximum Gasteiger partial charge on any atom is 0.132 e. The van der Waals surface area contributed by atoms with Crippen LogP contribution in [-0.2, 0) is 6.42 Å². The first-order valence-electron chi connectivity index (χ1n) is 4.35. The van der Waals surface area contributed by atoms with Crippen molar-refractivity contribution >= 4 is 11.6 Å². The van der Waals surface area contributed by atoms with Gasteiger partial charge in [-0.15, -0.1) is 0 Å². The lowest BCUT2D eigenvalue weighted by molar-refractivity contribution is 0.968. The van der Waals surface area contributed by atoms with Crippen LogP contribution in [0.5, 0.6) is 0 Å². The molecule has 3 heteroatoms. The molecule has 0 radical (unpaired) electrons. The van der Waals surface area contributed by atoms with Gasteiger partial charge in [-0.2, -0.15) is 0 Å². The van der Waals surface area contributed by atoms with Crippen LogP contribution in [0.25, 0.3) is 0 Å². The zero-order chi connectivity index (χ0) is 9.80. The van der Waals surface area contributed by atoms with Crippen molar-refractivity contribution in [3.8, 4) is 0 Å². The van der Waals surface area contributed by atoms with Gasteiger partial charge in [-0.05, 0) is 17.7 Å². The van der Waals surface area contributed by atoms with E-state index in [9.17, 15) is 0 Å². The molecule has 14 heavy (non-hydrogen) atoms. The SMILES string of the molecule is Clc1ccccc1Cc1ncccn1. The Bertz CT molecular complexity index is 415. The molecular weight excluding hydrogens is 196 g/mol. The first-order chi connectivity index (χ1) is 6.86. The Kier molecular flexibility index (Phi) is 2.75. The Balaban J connectivity index is 2.24. The minimum absolute atomic E-state index is 0.681. The predicted octanol–water partition coefficient (Wildman–Crippen LogP) is 2.72. The number of benzene rings is 1. The van der Waals surface area contributed by atoms with Gasteiger partial charge in [0.1, 0.15) is 5.82 Å². The monoisotopic (exact) mass is 204 g/mol. The summed E-state index contributed by atoms with van der Waals surface area (Å²) in [4.78, 5) is 8.29. The third kappa shape index (κ3) is 2.09. The van der Waals surface area contributed by atoms with Crippen molar-refractivity contribution in [2.45, 2.75) is 6.42 Å². The predicted molar refractivity (Wildman–Crippen MR) is 56.3 cm³/mol. The van der Waals surface area contributed by atoms with Crippen LogP contribution in [0.2, 0.25) is 5.02 Å². The van der Waals surface area contributed by atoms with Gasteiger partial charge < -0.3 is 0 Å². The molecule has 0 N–H and O–H groups in total. The minimum Gasteiger partial charge on any atom is -0.241 e. The summed E-state index contributed by atoms with van der Waals surface area (Å²) in [6.07, 6.45) is 4.15. The molecule has 0 amide bonds. The fraction of sp³-hybridized carbons (Fsp3) is 0.0909. The van der Waals surface area contributed by atoms with Gasteiger partial charge in [0.2, 0.25) is 0 Å². The smallest absolute Gasteiger partial charge is 0.132 e. The van der Waals surface area contributed by atoms with Gasteiger partial charge in [0.05, 0.1) is 0 Å². The highest BCUT2D eigenvalue weighted by molar-refractivity contribution is 6.31. The standard InChI is InChI=1S/C11H9ClN2/c12-10-5-2-1-4-9(10)8-11-13-6-3-7-14-11/h1-7H,8H2. The van der Waals surface area contributed by atoms with Gasteiger partial charge in [0.15, 0.2) is 0 Å². The van der Waals surface area contributed by atoms with E-state index in [1.165, 1.54) is 0 Å². The van der Waals surface area contributed by atoms with E-state index in [0.717, 1.165) is 16.4 Å². The quantitative estimate of drug-likeness (QED) is 0.752. The van der Waals surface area contributed by atoms with Gasteiger partial charge in [0.25, 0.3) is 0 Å². The van der Waals surface area contributed by atoms with Gasteiger partial charge in [0, 0.05) is 23.8 Å². The van der Waals surface area contributed by atoms with E-state index in [-0.39, 0.29) is 0 Å². The highest BCUT2D eigenvalue weighted by Gasteiger charge is 2.01. The van der Waals surface area contributed by atoms with E-state index in [1.54, 1.807) is 18.5 Å². The first kappa shape index (κ1) is 9.16. The van der Waals surface area contributed by atoms with Crippen molar-refractivity contribution in [1.82, 2.24) is 9.97 Å². The second kappa shape index (κ2) is 4.20. The molecule has 0 aliphatic heterocycles. The van der Waals surface area contributed by atoms with E-state index >= 15 is 0 Å². The van der Waals surface area contributed by atoms with E-state index in [2.05, 4.69) is 9.97 Å². The second-order valence-corrected chi connectivity index (χ2v) is 3.34. The summed E-state index contributed by atoms with van der Waals surface area (Å²) in [5, 5.41) is 0.764. The number of hydrogen-bond acceptors (Lipinski definition) is 2. The summed E-state index contributed by atoms with van der Waals surface area (Å²) < 4.78 is 0. The molecular formula is C11H9ClN2. The summed E-state index contributed by atoms with van der Waals surface area (Å²) in [5.74, 6) is 0.792. The van der Waals surface area contributed by atoms with Crippen molar-refractivity contribution < 1.29 is 0 Å². The summed E-state index contributed by atoms with van der Waals surface area (Å²) in [5.41, 5.74) is 1.06. The molecule has 0 saturated heterocycles. The molecule has 1 aromatic carbocycles. The molecule has 0 bridgehead atoms. The van der Waals surface area contributed by atoms with Crippen LogP contribution in [0.3, 0.4) is 0 Å². The van der Waals surface area contributed by atoms with Crippen molar-refractivity contribution in [2.24, 2.45) is 0 Å². The van der Waals surface area contributed by atoms with Crippen molar-refractivity contribution in [3.05, 3.63) is 59.1 Å². The van der Waals surface area contributed by atoms with Crippen LogP contribution in [0.4, 0.5) is 0 Å². The van der Waals surface area contributed by atoms with Crippen LogP contribution in [0, 0.1) is 0 Å². The van der Waals surface area contributed by atoms with Crippen LogP contribution in [0.15, 0.2) is 42.7 Å². The summed E-state index contributed by atoms with van der Waals surface area (Å²) >= 11 is 6.02. The molecule has 70 valence electrons. The average molecular weight is 205 g/mol. The highest BCUT2D eigenvalue weighted by Crippen LogP contribution is 2.16. The van der Waals surface area contributed by atoms with Crippen LogP contribution < -0.4 is 0 Å². The second-order valence-electron chi connectivity index (χ2n) is 2.93. The van der Waals surface area contributed by atoms with E-state index in [0.29, 0.717) is 6.42 Å². The topological polar surface area (TPSA) is 25.8 Å². The molecule has 0 fully saturated rings. The first-order valence-corrected chi connectivity index (χ1v) is 4.73. The van der Waals surface area contributed by atoms with Gasteiger partial charge in [-0.25, -0.2) is 9.97 Å². The lowest BCUT2D eigenvalue weighted by Gasteiger charge is -2.01. The fourth-order valence-electron chi connectivity index (χ4n) is 1.23. The minimum atomic E-state index is 0.681. The molecule has 0 spiro atoms. The molecule has 2 rings (SSSR count). The largest absolute Gasteiger partial charge is 0.241 e. The fourth-order valence-corrected chi connectivity index (χ4v) is 1.44. The lowest BCUT2D eigenvalue weighted by Crippen LogP contribution is -1.95. The molecule has 1 aromatic heterocycles. The summed E-state index contributed by atoms with van der Waals surface area (Å²) in [6, 6.07) is 9.54. The Morgan fingerprint density at radius 3 is 2.43 bits per heavy atom. The molecule has 2 aromatic rings. The lowest BCUT2D eigenvalue weighted by atomic mass is 10.1. The van der Waals surface area contributed by atoms with Crippen LogP contribution in [0.1, 0.15) is 11.4 Å². The maximum atomic E-state index is 6.02. The van der Waals surface area contributed by atoms with Crippen LogP contribution in [-0.4, -0.2) is 9.97 Å². The third-order valence-electron chi connectivity index (χ3n) is 1.93. The molecule has 0 atom stereocenters. The molecule has 0 saturated carbocycles. The summed E-state index contributed by atoms with van der Waals surface area (Å²) in [7, 11) is 0. The van der Waals surface area contributed by atoms with E-state index in [1.807, 2.05) is 24.3 Å². The van der Waals surface area contributed by atoms with Crippen molar-refractivity contribution in [3.63, 3.8) is 0 Å².